The minimum atomic E-state index is -0.703. The van der Waals surface area contributed by atoms with Crippen LogP contribution in [-0.2, 0) is 4.79 Å². The zero-order valence-electron chi connectivity index (χ0n) is 14.0. The van der Waals surface area contributed by atoms with Gasteiger partial charge in [-0.25, -0.2) is 4.39 Å². The van der Waals surface area contributed by atoms with E-state index in [2.05, 4.69) is 5.32 Å². The number of benzene rings is 2. The molecule has 0 unspecified atom stereocenters. The topological polar surface area (TPSA) is 66.0 Å². The van der Waals surface area contributed by atoms with Gasteiger partial charge in [0.05, 0.1) is 5.69 Å². The van der Waals surface area contributed by atoms with E-state index in [9.17, 15) is 14.4 Å². The predicted molar refractivity (Wildman–Crippen MR) is 97.5 cm³/mol. The van der Waals surface area contributed by atoms with E-state index < -0.39 is 11.7 Å². The molecule has 0 fully saturated rings. The van der Waals surface area contributed by atoms with Gasteiger partial charge in [-0.3, -0.25) is 4.79 Å². The molecule has 3 rings (SSSR count). The summed E-state index contributed by atoms with van der Waals surface area (Å²) >= 11 is 0. The van der Waals surface area contributed by atoms with Crippen molar-refractivity contribution in [2.24, 2.45) is 0 Å². The Morgan fingerprint density at radius 1 is 1.12 bits per heavy atom. The molecule has 4 nitrogen and oxygen atoms in total. The van der Waals surface area contributed by atoms with Crippen LogP contribution in [0.3, 0.4) is 0 Å². The van der Waals surface area contributed by atoms with E-state index in [0.29, 0.717) is 11.5 Å². The monoisotopic (exact) mass is 346 g/mol. The van der Waals surface area contributed by atoms with Crippen molar-refractivity contribution in [2.75, 3.05) is 5.32 Å². The average Bonchev–Trinajstić information content (AvgIpc) is 3.10. The van der Waals surface area contributed by atoms with Crippen LogP contribution in [0, 0.1) is 24.1 Å². The molecule has 0 saturated carbocycles. The van der Waals surface area contributed by atoms with Crippen LogP contribution in [0.2, 0.25) is 0 Å². The Hall–Kier alpha value is -3.65. The van der Waals surface area contributed by atoms with Crippen molar-refractivity contribution < 1.29 is 13.6 Å². The maximum Gasteiger partial charge on any atom is 0.266 e. The predicted octanol–water partition coefficient (Wildman–Crippen LogP) is 4.94. The first-order valence-corrected chi connectivity index (χ1v) is 7.91. The van der Waals surface area contributed by atoms with Crippen molar-refractivity contribution in [3.05, 3.63) is 83.4 Å². The van der Waals surface area contributed by atoms with Gasteiger partial charge in [-0.2, -0.15) is 5.26 Å². The Kier molecular flexibility index (Phi) is 4.95. The summed E-state index contributed by atoms with van der Waals surface area (Å²) in [6, 6.07) is 18.8. The molecule has 0 atom stereocenters. The van der Waals surface area contributed by atoms with Crippen LogP contribution < -0.4 is 5.32 Å². The Labute approximate surface area is 150 Å². The van der Waals surface area contributed by atoms with Gasteiger partial charge in [0.2, 0.25) is 0 Å². The van der Waals surface area contributed by atoms with Gasteiger partial charge in [0.15, 0.2) is 0 Å². The Balaban J connectivity index is 1.81. The summed E-state index contributed by atoms with van der Waals surface area (Å²) in [5.74, 6) is -0.285. The largest absolute Gasteiger partial charge is 0.457 e. The second-order valence-electron chi connectivity index (χ2n) is 5.67. The molecule has 1 aromatic heterocycles. The van der Waals surface area contributed by atoms with Crippen molar-refractivity contribution in [1.29, 1.82) is 5.26 Å². The van der Waals surface area contributed by atoms with Crippen molar-refractivity contribution in [3.63, 3.8) is 0 Å². The average molecular weight is 346 g/mol. The third-order valence-electron chi connectivity index (χ3n) is 3.74. The fraction of sp³-hybridized carbons (Fsp3) is 0.0476. The van der Waals surface area contributed by atoms with Crippen molar-refractivity contribution in [1.82, 2.24) is 0 Å². The van der Waals surface area contributed by atoms with Crippen molar-refractivity contribution >= 4 is 17.7 Å². The number of aryl methyl sites for hydroxylation is 1. The van der Waals surface area contributed by atoms with E-state index in [0.717, 1.165) is 11.1 Å². The van der Waals surface area contributed by atoms with E-state index >= 15 is 0 Å². The fourth-order valence-electron chi connectivity index (χ4n) is 2.35. The number of nitriles is 1. The lowest BCUT2D eigenvalue weighted by molar-refractivity contribution is -0.112. The Bertz CT molecular complexity index is 1010. The molecule has 1 heterocycles. The van der Waals surface area contributed by atoms with Crippen LogP contribution in [0.4, 0.5) is 10.1 Å². The normalized spacial score (nSPS) is 11.0. The smallest absolute Gasteiger partial charge is 0.266 e. The molecular weight excluding hydrogens is 331 g/mol. The molecule has 26 heavy (non-hydrogen) atoms. The highest BCUT2D eigenvalue weighted by Gasteiger charge is 2.13. The maximum absolute atomic E-state index is 13.6. The van der Waals surface area contributed by atoms with Crippen LogP contribution >= 0.6 is 0 Å². The lowest BCUT2D eigenvalue weighted by Crippen LogP contribution is -2.14. The molecule has 5 heteroatoms. The van der Waals surface area contributed by atoms with E-state index in [-0.39, 0.29) is 11.3 Å². The van der Waals surface area contributed by atoms with Gasteiger partial charge in [0.1, 0.15) is 29.0 Å². The number of amides is 1. The minimum Gasteiger partial charge on any atom is -0.457 e. The molecule has 0 saturated heterocycles. The molecule has 0 radical (unpaired) electrons. The van der Waals surface area contributed by atoms with Gasteiger partial charge in [0.25, 0.3) is 5.91 Å². The lowest BCUT2D eigenvalue weighted by Gasteiger charge is -2.04. The number of hydrogen-bond donors (Lipinski definition) is 1. The van der Waals surface area contributed by atoms with Gasteiger partial charge < -0.3 is 9.73 Å². The van der Waals surface area contributed by atoms with Crippen LogP contribution in [0.5, 0.6) is 0 Å². The third kappa shape index (κ3) is 3.87. The van der Waals surface area contributed by atoms with Crippen LogP contribution in [0.1, 0.15) is 11.3 Å². The molecule has 1 amide bonds. The number of anilines is 1. The van der Waals surface area contributed by atoms with E-state index in [1.165, 1.54) is 24.3 Å². The number of halogens is 1. The van der Waals surface area contributed by atoms with Gasteiger partial charge in [0, 0.05) is 11.6 Å². The molecule has 0 bridgehead atoms. The fourth-order valence-corrected chi connectivity index (χ4v) is 2.35. The number of nitrogens with one attached hydrogen (secondary N) is 1. The molecule has 2 aromatic carbocycles. The summed E-state index contributed by atoms with van der Waals surface area (Å²) in [7, 11) is 0. The zero-order valence-corrected chi connectivity index (χ0v) is 14.0. The maximum atomic E-state index is 13.6. The third-order valence-corrected chi connectivity index (χ3v) is 3.74. The highest BCUT2D eigenvalue weighted by molar-refractivity contribution is 6.09. The van der Waals surface area contributed by atoms with Crippen LogP contribution in [0.15, 0.2) is 70.7 Å². The summed E-state index contributed by atoms with van der Waals surface area (Å²) < 4.78 is 19.3. The van der Waals surface area contributed by atoms with Gasteiger partial charge in [-0.15, -0.1) is 0 Å². The molecule has 0 spiro atoms. The number of furan rings is 1. The SMILES string of the molecule is Cc1ccc(-c2ccc(/C=C(\C#N)C(=O)Nc3ccccc3F)o2)cc1. The number of nitrogens with zero attached hydrogens (tertiary/aromatic N) is 1. The zero-order chi connectivity index (χ0) is 18.5. The number of para-hydroxylation sites is 1. The standard InChI is InChI=1S/C21H15FN2O2/c1-14-6-8-15(9-7-14)20-11-10-17(26-20)12-16(13-23)21(25)24-19-5-3-2-4-18(19)22/h2-12H,1H3,(H,24,25)/b16-12+. The first-order valence-electron chi connectivity index (χ1n) is 7.91. The Morgan fingerprint density at radius 2 is 1.85 bits per heavy atom. The van der Waals surface area contributed by atoms with Gasteiger partial charge in [-0.05, 0) is 31.2 Å². The highest BCUT2D eigenvalue weighted by Crippen LogP contribution is 2.24. The number of hydrogen-bond acceptors (Lipinski definition) is 3. The summed E-state index contributed by atoms with van der Waals surface area (Å²) in [6.45, 7) is 1.99. The molecule has 128 valence electrons. The minimum absolute atomic E-state index is 0.0124. The van der Waals surface area contributed by atoms with Gasteiger partial charge in [-0.1, -0.05) is 42.0 Å². The molecule has 0 aliphatic heterocycles. The van der Waals surface area contributed by atoms with Crippen LogP contribution in [-0.4, -0.2) is 5.91 Å². The molecule has 1 N–H and O–H groups in total. The summed E-state index contributed by atoms with van der Waals surface area (Å²) in [5, 5.41) is 11.6. The second kappa shape index (κ2) is 7.49. The second-order valence-corrected chi connectivity index (χ2v) is 5.67. The molecular formula is C21H15FN2O2. The molecule has 3 aromatic rings. The molecule has 0 aliphatic rings. The van der Waals surface area contributed by atoms with Crippen molar-refractivity contribution in [3.8, 4) is 17.4 Å². The Morgan fingerprint density at radius 3 is 2.54 bits per heavy atom. The number of carbonyl (C=O) groups is 1. The number of carbonyl (C=O) groups excluding carboxylic acids is 1. The first-order chi connectivity index (χ1) is 12.6. The van der Waals surface area contributed by atoms with E-state index in [1.807, 2.05) is 37.3 Å². The highest BCUT2D eigenvalue weighted by atomic mass is 19.1. The lowest BCUT2D eigenvalue weighted by atomic mass is 10.1. The summed E-state index contributed by atoms with van der Waals surface area (Å²) in [6.07, 6.45) is 1.33. The molecule has 0 aliphatic carbocycles. The summed E-state index contributed by atoms with van der Waals surface area (Å²) in [5.41, 5.74) is 1.86. The summed E-state index contributed by atoms with van der Waals surface area (Å²) in [4.78, 5) is 12.2. The number of rotatable bonds is 4. The first kappa shape index (κ1) is 17.2. The van der Waals surface area contributed by atoms with E-state index in [1.54, 1.807) is 18.2 Å². The quantitative estimate of drug-likeness (QED) is 0.537. The van der Waals surface area contributed by atoms with Crippen molar-refractivity contribution in [2.45, 2.75) is 6.92 Å². The van der Waals surface area contributed by atoms with Crippen LogP contribution in [0.25, 0.3) is 17.4 Å². The van der Waals surface area contributed by atoms with E-state index in [4.69, 9.17) is 4.42 Å². The van der Waals surface area contributed by atoms with Gasteiger partial charge >= 0.3 is 0 Å².